The number of amides is 2. The van der Waals surface area contributed by atoms with Gasteiger partial charge >= 0.3 is 0 Å². The van der Waals surface area contributed by atoms with E-state index in [1.807, 2.05) is 4.90 Å². The fraction of sp³-hybridized carbons (Fsp3) is 0.619. The molecule has 0 bridgehead atoms. The van der Waals surface area contributed by atoms with Gasteiger partial charge in [-0.2, -0.15) is 0 Å². The van der Waals surface area contributed by atoms with Crippen molar-refractivity contribution in [2.45, 2.75) is 63.2 Å². The number of carbonyl (C=O) groups is 2. The zero-order valence-corrected chi connectivity index (χ0v) is 17.2. The highest BCUT2D eigenvalue weighted by atomic mass is 32.2. The van der Waals surface area contributed by atoms with Crippen LogP contribution in [0.15, 0.2) is 29.2 Å². The molecule has 1 aliphatic heterocycles. The smallest absolute Gasteiger partial charge is 0.230 e. The quantitative estimate of drug-likeness (QED) is 0.764. The van der Waals surface area contributed by atoms with Gasteiger partial charge in [-0.25, -0.2) is 0 Å². The lowest BCUT2D eigenvalue weighted by Gasteiger charge is -2.20. The summed E-state index contributed by atoms with van der Waals surface area (Å²) in [6.45, 7) is 8.73. The van der Waals surface area contributed by atoms with E-state index in [2.05, 4.69) is 50.4 Å². The highest BCUT2D eigenvalue weighted by Crippen LogP contribution is 2.25. The average molecular weight is 377 g/mol. The molecule has 4 nitrogen and oxygen atoms in total. The van der Waals surface area contributed by atoms with Crippen LogP contribution >= 0.6 is 11.8 Å². The zero-order valence-electron chi connectivity index (χ0n) is 16.3. The zero-order chi connectivity index (χ0) is 19.0. The maximum atomic E-state index is 12.2. The molecule has 26 heavy (non-hydrogen) atoms. The molecule has 1 aromatic carbocycles. The van der Waals surface area contributed by atoms with E-state index in [0.29, 0.717) is 18.7 Å². The van der Waals surface area contributed by atoms with Gasteiger partial charge in [-0.1, -0.05) is 45.7 Å². The molecular formula is C21H32N2O2S. The summed E-state index contributed by atoms with van der Waals surface area (Å²) in [6.07, 6.45) is 5.03. The SMILES string of the molecule is CC(C)(C)c1ccc(SCC(=O)NCCC(=O)N2CCCCCC2)cc1. The lowest BCUT2D eigenvalue weighted by molar-refractivity contribution is -0.131. The second-order valence-electron chi connectivity index (χ2n) is 7.96. The second kappa shape index (κ2) is 10.0. The van der Waals surface area contributed by atoms with E-state index >= 15 is 0 Å². The van der Waals surface area contributed by atoms with Crippen LogP contribution in [0.2, 0.25) is 0 Å². The second-order valence-corrected chi connectivity index (χ2v) is 9.01. The van der Waals surface area contributed by atoms with Crippen LogP contribution in [0.1, 0.15) is 58.4 Å². The van der Waals surface area contributed by atoms with Crippen molar-refractivity contribution < 1.29 is 9.59 Å². The first-order valence-corrected chi connectivity index (χ1v) is 10.6. The van der Waals surface area contributed by atoms with Crippen molar-refractivity contribution in [1.29, 1.82) is 0 Å². The van der Waals surface area contributed by atoms with E-state index in [9.17, 15) is 9.59 Å². The van der Waals surface area contributed by atoms with Gasteiger partial charge in [0.25, 0.3) is 0 Å². The fourth-order valence-electron chi connectivity index (χ4n) is 3.04. The molecule has 5 heteroatoms. The Kier molecular flexibility index (Phi) is 8.01. The Morgan fingerprint density at radius 1 is 1.04 bits per heavy atom. The van der Waals surface area contributed by atoms with Crippen LogP contribution in [0, 0.1) is 0 Å². The highest BCUT2D eigenvalue weighted by molar-refractivity contribution is 8.00. The van der Waals surface area contributed by atoms with Crippen molar-refractivity contribution in [2.24, 2.45) is 0 Å². The summed E-state index contributed by atoms with van der Waals surface area (Å²) in [5, 5.41) is 2.87. The summed E-state index contributed by atoms with van der Waals surface area (Å²) >= 11 is 1.53. The third-order valence-electron chi connectivity index (χ3n) is 4.71. The molecule has 0 aromatic heterocycles. The Bertz CT molecular complexity index is 585. The number of likely N-dealkylation sites (tertiary alicyclic amines) is 1. The normalized spacial score (nSPS) is 15.4. The minimum atomic E-state index is -0.0152. The molecule has 1 saturated heterocycles. The van der Waals surface area contributed by atoms with Gasteiger partial charge in [0.05, 0.1) is 5.75 Å². The molecule has 1 heterocycles. The topological polar surface area (TPSA) is 49.4 Å². The van der Waals surface area contributed by atoms with E-state index in [1.165, 1.54) is 30.2 Å². The first-order chi connectivity index (χ1) is 12.4. The van der Waals surface area contributed by atoms with Crippen LogP contribution in [0.25, 0.3) is 0 Å². The van der Waals surface area contributed by atoms with E-state index in [4.69, 9.17) is 0 Å². The Hall–Kier alpha value is -1.49. The Morgan fingerprint density at radius 2 is 1.65 bits per heavy atom. The molecule has 0 unspecified atom stereocenters. The van der Waals surface area contributed by atoms with Gasteiger partial charge in [0.15, 0.2) is 0 Å². The number of nitrogens with zero attached hydrogens (tertiary/aromatic N) is 1. The Balaban J connectivity index is 1.66. The molecule has 2 amide bonds. The number of thioether (sulfide) groups is 1. The number of rotatable bonds is 6. The van der Waals surface area contributed by atoms with Crippen LogP contribution in [0.3, 0.4) is 0 Å². The van der Waals surface area contributed by atoms with Crippen LogP contribution in [0.5, 0.6) is 0 Å². The first kappa shape index (κ1) is 20.8. The molecule has 0 saturated carbocycles. The van der Waals surface area contributed by atoms with Crippen molar-refractivity contribution in [3.63, 3.8) is 0 Å². The van der Waals surface area contributed by atoms with Gasteiger partial charge in [-0.15, -0.1) is 11.8 Å². The molecule has 2 rings (SSSR count). The molecule has 0 atom stereocenters. The third kappa shape index (κ3) is 7.02. The van der Waals surface area contributed by atoms with Crippen molar-refractivity contribution >= 4 is 23.6 Å². The summed E-state index contributed by atoms with van der Waals surface area (Å²) in [7, 11) is 0. The fourth-order valence-corrected chi connectivity index (χ4v) is 3.77. The minimum Gasteiger partial charge on any atom is -0.355 e. The first-order valence-electron chi connectivity index (χ1n) is 9.64. The molecule has 1 fully saturated rings. The van der Waals surface area contributed by atoms with E-state index in [0.717, 1.165) is 30.8 Å². The van der Waals surface area contributed by atoms with Crippen molar-refractivity contribution in [1.82, 2.24) is 10.2 Å². The van der Waals surface area contributed by atoms with E-state index in [-0.39, 0.29) is 17.2 Å². The van der Waals surface area contributed by atoms with Crippen LogP contribution < -0.4 is 5.32 Å². The molecule has 0 spiro atoms. The number of hydrogen-bond donors (Lipinski definition) is 1. The number of nitrogens with one attached hydrogen (secondary N) is 1. The van der Waals surface area contributed by atoms with Gasteiger partial charge in [-0.3, -0.25) is 9.59 Å². The predicted molar refractivity (Wildman–Crippen MR) is 109 cm³/mol. The molecule has 1 N–H and O–H groups in total. The number of hydrogen-bond acceptors (Lipinski definition) is 3. The molecule has 1 aliphatic rings. The molecule has 0 aliphatic carbocycles. The van der Waals surface area contributed by atoms with E-state index in [1.54, 1.807) is 0 Å². The lowest BCUT2D eigenvalue weighted by Crippen LogP contribution is -2.35. The molecule has 1 aromatic rings. The summed E-state index contributed by atoms with van der Waals surface area (Å²) in [6, 6.07) is 8.39. The van der Waals surface area contributed by atoms with Crippen LogP contribution in [-0.2, 0) is 15.0 Å². The van der Waals surface area contributed by atoms with Crippen molar-refractivity contribution in [3.05, 3.63) is 29.8 Å². The molecule has 0 radical (unpaired) electrons. The maximum Gasteiger partial charge on any atom is 0.230 e. The summed E-state index contributed by atoms with van der Waals surface area (Å²) in [5.74, 6) is 0.531. The number of carbonyl (C=O) groups excluding carboxylic acids is 2. The van der Waals surface area contributed by atoms with Crippen LogP contribution in [0.4, 0.5) is 0 Å². The average Bonchev–Trinajstić information content (AvgIpc) is 2.89. The van der Waals surface area contributed by atoms with Crippen LogP contribution in [-0.4, -0.2) is 42.1 Å². The monoisotopic (exact) mass is 376 g/mol. The van der Waals surface area contributed by atoms with Gasteiger partial charge < -0.3 is 10.2 Å². The summed E-state index contributed by atoms with van der Waals surface area (Å²) in [4.78, 5) is 27.2. The number of benzene rings is 1. The minimum absolute atomic E-state index is 0.0152. The van der Waals surface area contributed by atoms with Gasteiger partial charge in [0.1, 0.15) is 0 Å². The highest BCUT2D eigenvalue weighted by Gasteiger charge is 2.15. The standard InChI is InChI=1S/C21H32N2O2S/c1-21(2,3)17-8-10-18(11-9-17)26-16-19(24)22-13-12-20(25)23-14-6-4-5-7-15-23/h8-11H,4-7,12-16H2,1-3H3,(H,22,24). The summed E-state index contributed by atoms with van der Waals surface area (Å²) in [5.41, 5.74) is 1.43. The third-order valence-corrected chi connectivity index (χ3v) is 5.72. The largest absolute Gasteiger partial charge is 0.355 e. The Labute approximate surface area is 162 Å². The van der Waals surface area contributed by atoms with Gasteiger partial charge in [0, 0.05) is 31.0 Å². The van der Waals surface area contributed by atoms with Crippen molar-refractivity contribution in [3.8, 4) is 0 Å². The van der Waals surface area contributed by atoms with Gasteiger partial charge in [0.2, 0.25) is 11.8 Å². The maximum absolute atomic E-state index is 12.2. The van der Waals surface area contributed by atoms with E-state index < -0.39 is 0 Å². The predicted octanol–water partition coefficient (Wildman–Crippen LogP) is 3.99. The Morgan fingerprint density at radius 3 is 2.23 bits per heavy atom. The van der Waals surface area contributed by atoms with Crippen molar-refractivity contribution in [2.75, 3.05) is 25.4 Å². The molecular weight excluding hydrogens is 344 g/mol. The van der Waals surface area contributed by atoms with Gasteiger partial charge in [-0.05, 0) is 36.0 Å². The summed E-state index contributed by atoms with van der Waals surface area (Å²) < 4.78 is 0. The lowest BCUT2D eigenvalue weighted by atomic mass is 9.87. The molecule has 144 valence electrons.